The molecule has 0 atom stereocenters. The van der Waals surface area contributed by atoms with Crippen LogP contribution in [0, 0.1) is 5.92 Å². The van der Waals surface area contributed by atoms with Crippen molar-refractivity contribution in [1.82, 2.24) is 4.72 Å². The normalized spacial score (nSPS) is 11.8. The zero-order chi connectivity index (χ0) is 15.7. The molecule has 0 radical (unpaired) electrons. The minimum atomic E-state index is -3.34. The highest BCUT2D eigenvalue weighted by atomic mass is 32.2. The van der Waals surface area contributed by atoms with Crippen LogP contribution in [0.15, 0.2) is 29.2 Å². The largest absolute Gasteiger partial charge is 0.385 e. The molecule has 0 unspecified atom stereocenters. The number of hydrogen-bond acceptors (Lipinski definition) is 3. The van der Waals surface area contributed by atoms with Crippen LogP contribution in [0.1, 0.15) is 46.0 Å². The molecular weight excluding hydrogens is 284 g/mol. The summed E-state index contributed by atoms with van der Waals surface area (Å²) in [6.07, 6.45) is 6.31. The average molecular weight is 312 g/mol. The topological polar surface area (TPSA) is 58.2 Å². The van der Waals surface area contributed by atoms with Crippen molar-refractivity contribution in [3.05, 3.63) is 24.3 Å². The fourth-order valence-corrected chi connectivity index (χ4v) is 2.86. The molecule has 0 fully saturated rings. The maximum Gasteiger partial charge on any atom is 0.240 e. The monoisotopic (exact) mass is 312 g/mol. The molecule has 0 bridgehead atoms. The van der Waals surface area contributed by atoms with Gasteiger partial charge in [0.25, 0.3) is 0 Å². The Morgan fingerprint density at radius 3 is 2.19 bits per heavy atom. The van der Waals surface area contributed by atoms with E-state index in [4.69, 9.17) is 0 Å². The lowest BCUT2D eigenvalue weighted by molar-refractivity contribution is 0.523. The summed E-state index contributed by atoms with van der Waals surface area (Å²) in [6.45, 7) is 5.46. The fourth-order valence-electron chi connectivity index (χ4n) is 2.13. The van der Waals surface area contributed by atoms with Crippen LogP contribution in [0.4, 0.5) is 5.69 Å². The molecule has 1 aromatic rings. The van der Waals surface area contributed by atoms with Crippen LogP contribution in [0.5, 0.6) is 0 Å². The first-order valence-electron chi connectivity index (χ1n) is 7.73. The molecule has 120 valence electrons. The maximum atomic E-state index is 11.6. The molecule has 1 rings (SSSR count). The summed E-state index contributed by atoms with van der Waals surface area (Å²) in [5, 5.41) is 3.33. The van der Waals surface area contributed by atoms with Gasteiger partial charge >= 0.3 is 0 Å². The van der Waals surface area contributed by atoms with E-state index in [1.165, 1.54) is 32.7 Å². The second kappa shape index (κ2) is 9.05. The zero-order valence-electron chi connectivity index (χ0n) is 13.4. The minimum absolute atomic E-state index is 0.296. The van der Waals surface area contributed by atoms with E-state index >= 15 is 0 Å². The molecule has 0 aliphatic heterocycles. The van der Waals surface area contributed by atoms with Gasteiger partial charge in [-0.2, -0.15) is 0 Å². The van der Waals surface area contributed by atoms with Crippen molar-refractivity contribution >= 4 is 15.7 Å². The fraction of sp³-hybridized carbons (Fsp3) is 0.625. The van der Waals surface area contributed by atoms with Gasteiger partial charge in [0.15, 0.2) is 0 Å². The third kappa shape index (κ3) is 6.96. The number of benzene rings is 1. The smallest absolute Gasteiger partial charge is 0.240 e. The van der Waals surface area contributed by atoms with Crippen LogP contribution in [-0.2, 0) is 10.0 Å². The van der Waals surface area contributed by atoms with Gasteiger partial charge in [0.2, 0.25) is 10.0 Å². The molecule has 0 spiro atoms. The number of sulfonamides is 1. The Bertz CT molecular complexity index is 496. The summed E-state index contributed by atoms with van der Waals surface area (Å²) in [7, 11) is -1.92. The van der Waals surface area contributed by atoms with E-state index < -0.39 is 10.0 Å². The third-order valence-electron chi connectivity index (χ3n) is 3.47. The van der Waals surface area contributed by atoms with Crippen molar-refractivity contribution in [1.29, 1.82) is 0 Å². The maximum absolute atomic E-state index is 11.6. The zero-order valence-corrected chi connectivity index (χ0v) is 14.2. The van der Waals surface area contributed by atoms with Crippen molar-refractivity contribution in [3.8, 4) is 0 Å². The summed E-state index contributed by atoms with van der Waals surface area (Å²) < 4.78 is 25.5. The lowest BCUT2D eigenvalue weighted by Gasteiger charge is -2.08. The van der Waals surface area contributed by atoms with E-state index in [1.807, 2.05) is 12.1 Å². The van der Waals surface area contributed by atoms with Gasteiger partial charge in [0.1, 0.15) is 0 Å². The van der Waals surface area contributed by atoms with E-state index in [-0.39, 0.29) is 0 Å². The summed E-state index contributed by atoms with van der Waals surface area (Å²) in [4.78, 5) is 0.296. The molecule has 0 aliphatic rings. The highest BCUT2D eigenvalue weighted by Gasteiger charge is 2.09. The summed E-state index contributed by atoms with van der Waals surface area (Å²) in [5.74, 6) is 0.801. The van der Waals surface area contributed by atoms with Gasteiger partial charge in [-0.05, 0) is 43.7 Å². The van der Waals surface area contributed by atoms with Crippen molar-refractivity contribution in [3.63, 3.8) is 0 Å². The summed E-state index contributed by atoms with van der Waals surface area (Å²) in [5.41, 5.74) is 0.965. The quantitative estimate of drug-likeness (QED) is 0.649. The van der Waals surface area contributed by atoms with Crippen molar-refractivity contribution in [2.75, 3.05) is 18.9 Å². The molecule has 1 aromatic carbocycles. The van der Waals surface area contributed by atoms with Crippen LogP contribution < -0.4 is 10.0 Å². The van der Waals surface area contributed by atoms with Gasteiger partial charge in [-0.15, -0.1) is 0 Å². The molecule has 0 saturated carbocycles. The highest BCUT2D eigenvalue weighted by Crippen LogP contribution is 2.14. The van der Waals surface area contributed by atoms with E-state index in [2.05, 4.69) is 23.9 Å². The molecule has 5 heteroatoms. The van der Waals surface area contributed by atoms with Gasteiger partial charge in [-0.25, -0.2) is 13.1 Å². The number of unbranched alkanes of at least 4 members (excludes halogenated alkanes) is 3. The van der Waals surface area contributed by atoms with Gasteiger partial charge < -0.3 is 5.32 Å². The Balaban J connectivity index is 2.25. The SMILES string of the molecule is CNS(=O)(=O)c1ccc(NCCCCCCC(C)C)cc1. The molecule has 0 amide bonds. The first kappa shape index (κ1) is 18.0. The Hall–Kier alpha value is -1.07. The molecule has 4 nitrogen and oxygen atoms in total. The molecule has 0 aromatic heterocycles. The Morgan fingerprint density at radius 1 is 1.00 bits per heavy atom. The predicted octanol–water partition coefficient (Wildman–Crippen LogP) is 3.61. The second-order valence-electron chi connectivity index (χ2n) is 5.76. The summed E-state index contributed by atoms with van der Waals surface area (Å²) >= 11 is 0. The first-order chi connectivity index (χ1) is 9.95. The van der Waals surface area contributed by atoms with E-state index in [0.717, 1.165) is 24.6 Å². The van der Waals surface area contributed by atoms with E-state index in [0.29, 0.717) is 4.90 Å². The standard InChI is InChI=1S/C16H28N2O2S/c1-14(2)8-6-4-5-7-13-18-15-9-11-16(12-10-15)21(19,20)17-3/h9-12,14,17-18H,4-8,13H2,1-3H3. The molecule has 2 N–H and O–H groups in total. The van der Waals surface area contributed by atoms with Crippen LogP contribution in [-0.4, -0.2) is 22.0 Å². The van der Waals surface area contributed by atoms with Crippen molar-refractivity contribution in [2.24, 2.45) is 5.92 Å². The predicted molar refractivity (Wildman–Crippen MR) is 89.1 cm³/mol. The van der Waals surface area contributed by atoms with Gasteiger partial charge in [-0.1, -0.05) is 39.5 Å². The third-order valence-corrected chi connectivity index (χ3v) is 4.90. The molecule has 21 heavy (non-hydrogen) atoms. The Labute approximate surface area is 129 Å². The number of hydrogen-bond donors (Lipinski definition) is 2. The molecule has 0 heterocycles. The Morgan fingerprint density at radius 2 is 1.62 bits per heavy atom. The van der Waals surface area contributed by atoms with Crippen LogP contribution in [0.2, 0.25) is 0 Å². The van der Waals surface area contributed by atoms with E-state index in [1.54, 1.807) is 12.1 Å². The van der Waals surface area contributed by atoms with E-state index in [9.17, 15) is 8.42 Å². The van der Waals surface area contributed by atoms with Crippen LogP contribution in [0.25, 0.3) is 0 Å². The second-order valence-corrected chi connectivity index (χ2v) is 7.64. The highest BCUT2D eigenvalue weighted by molar-refractivity contribution is 7.89. The summed E-state index contributed by atoms with van der Waals surface area (Å²) in [6, 6.07) is 6.86. The van der Waals surface area contributed by atoms with Crippen molar-refractivity contribution in [2.45, 2.75) is 50.8 Å². The van der Waals surface area contributed by atoms with Gasteiger partial charge in [-0.3, -0.25) is 0 Å². The average Bonchev–Trinajstić information content (AvgIpc) is 2.46. The Kier molecular flexibility index (Phi) is 7.75. The van der Waals surface area contributed by atoms with Crippen LogP contribution >= 0.6 is 0 Å². The van der Waals surface area contributed by atoms with Crippen molar-refractivity contribution < 1.29 is 8.42 Å². The molecular formula is C16H28N2O2S. The van der Waals surface area contributed by atoms with Gasteiger partial charge in [0.05, 0.1) is 4.90 Å². The lowest BCUT2D eigenvalue weighted by Crippen LogP contribution is -2.18. The minimum Gasteiger partial charge on any atom is -0.385 e. The molecule has 0 aliphatic carbocycles. The number of rotatable bonds is 10. The molecule has 0 saturated heterocycles. The van der Waals surface area contributed by atoms with Crippen LogP contribution in [0.3, 0.4) is 0 Å². The van der Waals surface area contributed by atoms with Gasteiger partial charge in [0, 0.05) is 12.2 Å². The number of nitrogens with one attached hydrogen (secondary N) is 2. The number of anilines is 1. The first-order valence-corrected chi connectivity index (χ1v) is 9.21. The lowest BCUT2D eigenvalue weighted by atomic mass is 10.0.